The van der Waals surface area contributed by atoms with Crippen LogP contribution in [0.15, 0.2) is 4.52 Å². The van der Waals surface area contributed by atoms with Gasteiger partial charge in [-0.1, -0.05) is 12.1 Å². The van der Waals surface area contributed by atoms with Crippen LogP contribution in [0.25, 0.3) is 0 Å². The number of ether oxygens (including phenoxy) is 1. The second-order valence-corrected chi connectivity index (χ2v) is 6.70. The molecule has 2 fully saturated rings. The first-order valence-corrected chi connectivity index (χ1v) is 8.45. The quantitative estimate of drug-likeness (QED) is 0.817. The number of rotatable bonds is 5. The van der Waals surface area contributed by atoms with Crippen molar-refractivity contribution in [3.05, 3.63) is 11.7 Å². The summed E-state index contributed by atoms with van der Waals surface area (Å²) in [6.07, 6.45) is 1.88. The van der Waals surface area contributed by atoms with Gasteiger partial charge >= 0.3 is 0 Å². The van der Waals surface area contributed by atoms with Gasteiger partial charge in [0.1, 0.15) is 6.10 Å². The van der Waals surface area contributed by atoms with Crippen molar-refractivity contribution >= 4 is 5.91 Å². The minimum atomic E-state index is -0.162. The van der Waals surface area contributed by atoms with Gasteiger partial charge in [0.15, 0.2) is 5.82 Å². The highest BCUT2D eigenvalue weighted by Gasteiger charge is 2.41. The molecule has 0 spiro atoms. The number of carbonyl (C=O) groups excluding carboxylic acids is 1. The fraction of sp³-hybridized carbons (Fsp3) is 0.812. The van der Waals surface area contributed by atoms with E-state index in [0.29, 0.717) is 30.1 Å². The Kier molecular flexibility index (Phi) is 4.96. The summed E-state index contributed by atoms with van der Waals surface area (Å²) in [6, 6.07) is 0. The maximum Gasteiger partial charge on any atom is 0.240 e. The van der Waals surface area contributed by atoms with Crippen molar-refractivity contribution in [2.75, 3.05) is 33.3 Å². The first-order chi connectivity index (χ1) is 11.1. The second kappa shape index (κ2) is 6.97. The Hall–Kier alpha value is -1.47. The van der Waals surface area contributed by atoms with Gasteiger partial charge < -0.3 is 14.2 Å². The standard InChI is InChI=1S/C16H26N4O3/c1-11-9-13(11)16(21)20-6-4-5-19(7-8-20)10-14-17-15(18-23-14)12(2)22-3/h11-13H,4-10H2,1-3H3. The van der Waals surface area contributed by atoms with E-state index in [9.17, 15) is 4.79 Å². The van der Waals surface area contributed by atoms with Crippen molar-refractivity contribution in [2.45, 2.75) is 39.3 Å². The van der Waals surface area contributed by atoms with Gasteiger partial charge in [-0.25, -0.2) is 0 Å². The normalized spacial score (nSPS) is 26.8. The molecule has 7 heteroatoms. The molecule has 2 aliphatic rings. The lowest BCUT2D eigenvalue weighted by molar-refractivity contribution is -0.132. The first kappa shape index (κ1) is 16.4. The van der Waals surface area contributed by atoms with Crippen molar-refractivity contribution in [1.29, 1.82) is 0 Å². The van der Waals surface area contributed by atoms with E-state index in [0.717, 1.165) is 39.0 Å². The fourth-order valence-electron chi connectivity index (χ4n) is 3.04. The third kappa shape index (κ3) is 3.90. The van der Waals surface area contributed by atoms with Crippen LogP contribution < -0.4 is 0 Å². The molecule has 1 aromatic heterocycles. The van der Waals surface area contributed by atoms with Crippen molar-refractivity contribution in [3.63, 3.8) is 0 Å². The molecule has 0 bridgehead atoms. The zero-order valence-electron chi connectivity index (χ0n) is 14.2. The summed E-state index contributed by atoms with van der Waals surface area (Å²) in [4.78, 5) is 21.0. The molecule has 23 heavy (non-hydrogen) atoms. The van der Waals surface area contributed by atoms with E-state index in [1.807, 2.05) is 11.8 Å². The topological polar surface area (TPSA) is 71.7 Å². The Morgan fingerprint density at radius 3 is 2.87 bits per heavy atom. The summed E-state index contributed by atoms with van der Waals surface area (Å²) >= 11 is 0. The number of hydrogen-bond acceptors (Lipinski definition) is 6. The van der Waals surface area contributed by atoms with E-state index in [2.05, 4.69) is 22.0 Å². The summed E-state index contributed by atoms with van der Waals surface area (Å²) in [7, 11) is 1.63. The summed E-state index contributed by atoms with van der Waals surface area (Å²) in [5.74, 6) is 2.38. The summed E-state index contributed by atoms with van der Waals surface area (Å²) in [5.41, 5.74) is 0. The third-order valence-electron chi connectivity index (χ3n) is 4.89. The van der Waals surface area contributed by atoms with E-state index in [-0.39, 0.29) is 12.0 Å². The van der Waals surface area contributed by atoms with Gasteiger partial charge in [0.25, 0.3) is 0 Å². The number of methoxy groups -OCH3 is 1. The van der Waals surface area contributed by atoms with Crippen LogP contribution in [-0.2, 0) is 16.1 Å². The molecule has 1 amide bonds. The van der Waals surface area contributed by atoms with Gasteiger partial charge in [-0.05, 0) is 25.7 Å². The lowest BCUT2D eigenvalue weighted by atomic mass is 10.3. The van der Waals surface area contributed by atoms with Crippen LogP contribution in [0.2, 0.25) is 0 Å². The van der Waals surface area contributed by atoms with Gasteiger partial charge in [-0.3, -0.25) is 9.69 Å². The molecule has 2 heterocycles. The smallest absolute Gasteiger partial charge is 0.240 e. The largest absolute Gasteiger partial charge is 0.374 e. The molecule has 0 aromatic carbocycles. The molecule has 3 rings (SSSR count). The lowest BCUT2D eigenvalue weighted by Gasteiger charge is -2.21. The maximum atomic E-state index is 12.4. The summed E-state index contributed by atoms with van der Waals surface area (Å²) < 4.78 is 10.5. The molecule has 1 saturated carbocycles. The van der Waals surface area contributed by atoms with Crippen molar-refractivity contribution in [3.8, 4) is 0 Å². The zero-order valence-corrected chi connectivity index (χ0v) is 14.2. The molecule has 7 nitrogen and oxygen atoms in total. The Bertz CT molecular complexity index is 547. The van der Waals surface area contributed by atoms with Crippen LogP contribution in [0, 0.1) is 11.8 Å². The molecular formula is C16H26N4O3. The molecular weight excluding hydrogens is 296 g/mol. The molecule has 1 aliphatic heterocycles. The van der Waals surface area contributed by atoms with E-state index < -0.39 is 0 Å². The first-order valence-electron chi connectivity index (χ1n) is 8.45. The third-order valence-corrected chi connectivity index (χ3v) is 4.89. The van der Waals surface area contributed by atoms with Crippen molar-refractivity contribution < 1.29 is 14.1 Å². The van der Waals surface area contributed by atoms with Gasteiger partial charge in [-0.15, -0.1) is 0 Å². The highest BCUT2D eigenvalue weighted by Crippen LogP contribution is 2.39. The molecule has 128 valence electrons. The molecule has 1 saturated heterocycles. The van der Waals surface area contributed by atoms with E-state index in [1.54, 1.807) is 7.11 Å². The summed E-state index contributed by atoms with van der Waals surface area (Å²) in [6.45, 7) is 8.12. The molecule has 1 aliphatic carbocycles. The monoisotopic (exact) mass is 322 g/mol. The van der Waals surface area contributed by atoms with Crippen LogP contribution in [-0.4, -0.2) is 59.1 Å². The van der Waals surface area contributed by atoms with Gasteiger partial charge in [0.2, 0.25) is 11.8 Å². The van der Waals surface area contributed by atoms with Gasteiger partial charge in [-0.2, -0.15) is 4.98 Å². The average molecular weight is 322 g/mol. The van der Waals surface area contributed by atoms with Crippen LogP contribution in [0.4, 0.5) is 0 Å². The summed E-state index contributed by atoms with van der Waals surface area (Å²) in [5, 5.41) is 3.96. The van der Waals surface area contributed by atoms with Crippen molar-refractivity contribution in [2.24, 2.45) is 11.8 Å². The Balaban J connectivity index is 1.52. The van der Waals surface area contributed by atoms with Crippen LogP contribution in [0.3, 0.4) is 0 Å². The average Bonchev–Trinajstić information content (AvgIpc) is 3.18. The minimum Gasteiger partial charge on any atom is -0.374 e. The van der Waals surface area contributed by atoms with E-state index >= 15 is 0 Å². The van der Waals surface area contributed by atoms with Gasteiger partial charge in [0, 0.05) is 39.2 Å². The fourth-order valence-corrected chi connectivity index (χ4v) is 3.04. The van der Waals surface area contributed by atoms with Crippen LogP contribution in [0.1, 0.15) is 44.5 Å². The number of hydrogen-bond donors (Lipinski definition) is 0. The number of carbonyl (C=O) groups is 1. The molecule has 1 aromatic rings. The Morgan fingerprint density at radius 1 is 1.39 bits per heavy atom. The van der Waals surface area contributed by atoms with E-state index in [4.69, 9.17) is 9.26 Å². The number of aromatic nitrogens is 2. The lowest BCUT2D eigenvalue weighted by Crippen LogP contribution is -2.36. The predicted octanol–water partition coefficient (Wildman–Crippen LogP) is 1.47. The Labute approximate surface area is 137 Å². The second-order valence-electron chi connectivity index (χ2n) is 6.70. The molecule has 3 unspecified atom stereocenters. The van der Waals surface area contributed by atoms with E-state index in [1.165, 1.54) is 0 Å². The maximum absolute atomic E-state index is 12.4. The highest BCUT2D eigenvalue weighted by atomic mass is 16.5. The van der Waals surface area contributed by atoms with Crippen LogP contribution >= 0.6 is 0 Å². The zero-order chi connectivity index (χ0) is 16.4. The molecule has 3 atom stereocenters. The minimum absolute atomic E-state index is 0.162. The predicted molar refractivity (Wildman–Crippen MR) is 83.5 cm³/mol. The molecule has 0 N–H and O–H groups in total. The van der Waals surface area contributed by atoms with Crippen LogP contribution in [0.5, 0.6) is 0 Å². The number of nitrogens with zero attached hydrogens (tertiary/aromatic N) is 4. The number of amides is 1. The Morgan fingerprint density at radius 2 is 2.17 bits per heavy atom. The highest BCUT2D eigenvalue weighted by molar-refractivity contribution is 5.81. The SMILES string of the molecule is COC(C)c1noc(CN2CCCN(C(=O)C3CC3C)CC2)n1. The van der Waals surface area contributed by atoms with Gasteiger partial charge in [0.05, 0.1) is 6.54 Å². The molecule has 0 radical (unpaired) electrons. The van der Waals surface area contributed by atoms with Crippen molar-refractivity contribution in [1.82, 2.24) is 19.9 Å².